The number of nitrogens with zero attached hydrogens (tertiary/aromatic N) is 2. The highest BCUT2D eigenvalue weighted by Crippen LogP contribution is 2.31. The number of hydrogen-bond donors (Lipinski definition) is 0. The number of pyridine rings is 1. The summed E-state index contributed by atoms with van der Waals surface area (Å²) in [6.45, 7) is 5.22. The lowest BCUT2D eigenvalue weighted by atomic mass is 10.0. The first-order valence-electron chi connectivity index (χ1n) is 10.2. The van der Waals surface area contributed by atoms with Crippen LogP contribution in [0.5, 0.6) is 17.2 Å². The third-order valence-electron chi connectivity index (χ3n) is 5.40. The number of fused-ring (bicyclic) bond motifs is 1. The molecule has 0 saturated carbocycles. The third-order valence-corrected chi connectivity index (χ3v) is 5.40. The summed E-state index contributed by atoms with van der Waals surface area (Å²) in [5.41, 5.74) is 1.62. The van der Waals surface area contributed by atoms with Gasteiger partial charge in [0, 0.05) is 37.0 Å². The highest BCUT2D eigenvalue weighted by Gasteiger charge is 2.19. The van der Waals surface area contributed by atoms with E-state index in [0.717, 1.165) is 5.56 Å². The normalized spacial score (nSPS) is 10.7. The number of methoxy groups -OCH3 is 3. The van der Waals surface area contributed by atoms with Crippen molar-refractivity contribution in [3.63, 3.8) is 0 Å². The van der Waals surface area contributed by atoms with Crippen LogP contribution in [0, 0.1) is 0 Å². The van der Waals surface area contributed by atoms with Gasteiger partial charge in [-0.1, -0.05) is 12.1 Å². The minimum absolute atomic E-state index is 0.0302. The van der Waals surface area contributed by atoms with E-state index in [9.17, 15) is 9.59 Å². The summed E-state index contributed by atoms with van der Waals surface area (Å²) < 4.78 is 17.9. The second-order valence-corrected chi connectivity index (χ2v) is 7.02. The van der Waals surface area contributed by atoms with Crippen LogP contribution in [0.15, 0.2) is 47.4 Å². The minimum atomic E-state index is -0.175. The zero-order valence-electron chi connectivity index (χ0n) is 18.6. The topological polar surface area (TPSA) is 70.0 Å². The van der Waals surface area contributed by atoms with Gasteiger partial charge in [-0.15, -0.1) is 0 Å². The van der Waals surface area contributed by atoms with Crippen molar-refractivity contribution in [1.29, 1.82) is 0 Å². The molecule has 0 bridgehead atoms. The number of amides is 1. The van der Waals surface area contributed by atoms with Gasteiger partial charge in [0.05, 0.1) is 32.2 Å². The van der Waals surface area contributed by atoms with Crippen LogP contribution < -0.4 is 19.6 Å². The molecule has 2 aromatic carbocycles. The van der Waals surface area contributed by atoms with Crippen LogP contribution >= 0.6 is 0 Å². The van der Waals surface area contributed by atoms with Crippen molar-refractivity contribution in [2.24, 2.45) is 0 Å². The molecule has 0 saturated heterocycles. The first kappa shape index (κ1) is 22.2. The summed E-state index contributed by atoms with van der Waals surface area (Å²) >= 11 is 0. The molecule has 1 heterocycles. The molecule has 1 aromatic heterocycles. The first-order valence-corrected chi connectivity index (χ1v) is 10.2. The van der Waals surface area contributed by atoms with E-state index in [1.165, 1.54) is 7.11 Å². The Morgan fingerprint density at radius 1 is 0.935 bits per heavy atom. The number of carbonyl (C=O) groups is 1. The van der Waals surface area contributed by atoms with Crippen LogP contribution in [0.2, 0.25) is 0 Å². The van der Waals surface area contributed by atoms with E-state index in [-0.39, 0.29) is 17.9 Å². The van der Waals surface area contributed by atoms with Gasteiger partial charge >= 0.3 is 0 Å². The van der Waals surface area contributed by atoms with Crippen molar-refractivity contribution in [1.82, 2.24) is 9.47 Å². The van der Waals surface area contributed by atoms with E-state index < -0.39 is 0 Å². The molecule has 0 radical (unpaired) electrons. The third kappa shape index (κ3) is 4.35. The monoisotopic (exact) mass is 424 g/mol. The van der Waals surface area contributed by atoms with Crippen molar-refractivity contribution in [2.75, 3.05) is 34.4 Å². The molecule has 7 nitrogen and oxygen atoms in total. The summed E-state index contributed by atoms with van der Waals surface area (Å²) in [4.78, 5) is 28.1. The molecule has 0 unspecified atom stereocenters. The maximum absolute atomic E-state index is 13.5. The number of likely N-dealkylation sites (N-methyl/N-ethyl adjacent to an activating group) is 1. The Labute approximate surface area is 181 Å². The summed E-state index contributed by atoms with van der Waals surface area (Å²) in [7, 11) is 4.66. The fourth-order valence-electron chi connectivity index (χ4n) is 3.66. The van der Waals surface area contributed by atoms with E-state index in [2.05, 4.69) is 0 Å². The Balaban J connectivity index is 2.29. The van der Waals surface area contributed by atoms with E-state index in [1.54, 1.807) is 54.1 Å². The van der Waals surface area contributed by atoms with Gasteiger partial charge in [-0.2, -0.15) is 0 Å². The summed E-state index contributed by atoms with van der Waals surface area (Å²) in [5.74, 6) is 1.62. The van der Waals surface area contributed by atoms with Crippen LogP contribution in [0.4, 0.5) is 0 Å². The molecule has 0 aliphatic carbocycles. The number of benzene rings is 2. The molecule has 3 rings (SSSR count). The van der Waals surface area contributed by atoms with Crippen molar-refractivity contribution < 1.29 is 19.0 Å². The second-order valence-electron chi connectivity index (χ2n) is 7.02. The van der Waals surface area contributed by atoms with Crippen molar-refractivity contribution in [3.8, 4) is 28.4 Å². The molecular formula is C24H28N2O5. The fourth-order valence-corrected chi connectivity index (χ4v) is 3.66. The number of carbonyl (C=O) groups excluding carboxylic acids is 1. The van der Waals surface area contributed by atoms with Gasteiger partial charge in [0.1, 0.15) is 23.8 Å². The predicted octanol–water partition coefficient (Wildman–Crippen LogP) is 3.56. The van der Waals surface area contributed by atoms with Crippen LogP contribution in [0.3, 0.4) is 0 Å². The second kappa shape index (κ2) is 9.55. The quantitative estimate of drug-likeness (QED) is 0.553. The molecule has 31 heavy (non-hydrogen) atoms. The van der Waals surface area contributed by atoms with Crippen LogP contribution in [-0.4, -0.2) is 49.8 Å². The lowest BCUT2D eigenvalue weighted by Crippen LogP contribution is -2.33. The fraction of sp³-hybridized carbons (Fsp3) is 0.333. The van der Waals surface area contributed by atoms with E-state index in [1.807, 2.05) is 26.0 Å². The lowest BCUT2D eigenvalue weighted by Gasteiger charge is -2.21. The Bertz CT molecular complexity index is 1130. The Morgan fingerprint density at radius 2 is 1.58 bits per heavy atom. The van der Waals surface area contributed by atoms with Crippen molar-refractivity contribution in [3.05, 3.63) is 52.8 Å². The van der Waals surface area contributed by atoms with Crippen LogP contribution in [0.1, 0.15) is 13.8 Å². The molecule has 0 atom stereocenters. The van der Waals surface area contributed by atoms with E-state index in [4.69, 9.17) is 14.2 Å². The van der Waals surface area contributed by atoms with Gasteiger partial charge in [0.2, 0.25) is 11.3 Å². The SMILES string of the molecule is CCN(CC)C(=O)Cn1cc(-c2ccc(OC)cc2)c(=O)c2c(OC)cc(OC)cc21. The molecule has 0 N–H and O–H groups in total. The molecule has 0 aliphatic rings. The first-order chi connectivity index (χ1) is 15.0. The Morgan fingerprint density at radius 3 is 2.13 bits per heavy atom. The van der Waals surface area contributed by atoms with E-state index in [0.29, 0.717) is 46.8 Å². The molecule has 0 aliphatic heterocycles. The summed E-state index contributed by atoms with van der Waals surface area (Å²) in [6, 6.07) is 10.7. The zero-order chi connectivity index (χ0) is 22.5. The van der Waals surface area contributed by atoms with Gasteiger partial charge in [-0.25, -0.2) is 0 Å². The Hall–Kier alpha value is -3.48. The van der Waals surface area contributed by atoms with Gasteiger partial charge < -0.3 is 23.7 Å². The van der Waals surface area contributed by atoms with Crippen LogP contribution in [-0.2, 0) is 11.3 Å². The van der Waals surface area contributed by atoms with Gasteiger partial charge in [-0.05, 0) is 31.5 Å². The molecular weight excluding hydrogens is 396 g/mol. The summed E-state index contributed by atoms with van der Waals surface area (Å²) in [6.07, 6.45) is 1.73. The number of aromatic nitrogens is 1. The van der Waals surface area contributed by atoms with E-state index >= 15 is 0 Å². The maximum atomic E-state index is 13.5. The standard InChI is InChI=1S/C24H28N2O5/c1-6-25(7-2)22(27)15-26-14-19(16-8-10-17(29-3)11-9-16)24(28)23-20(26)12-18(30-4)13-21(23)31-5/h8-14H,6-7,15H2,1-5H3. The predicted molar refractivity (Wildman–Crippen MR) is 121 cm³/mol. The molecule has 1 amide bonds. The molecule has 0 fully saturated rings. The smallest absolute Gasteiger partial charge is 0.242 e. The largest absolute Gasteiger partial charge is 0.497 e. The summed E-state index contributed by atoms with van der Waals surface area (Å²) in [5, 5.41) is 0.406. The van der Waals surface area contributed by atoms with Gasteiger partial charge in [0.15, 0.2) is 0 Å². The maximum Gasteiger partial charge on any atom is 0.242 e. The highest BCUT2D eigenvalue weighted by atomic mass is 16.5. The highest BCUT2D eigenvalue weighted by molar-refractivity contribution is 5.91. The Kier molecular flexibility index (Phi) is 6.84. The molecule has 3 aromatic rings. The number of ether oxygens (including phenoxy) is 3. The minimum Gasteiger partial charge on any atom is -0.497 e. The average Bonchev–Trinajstić information content (AvgIpc) is 2.80. The average molecular weight is 424 g/mol. The van der Waals surface area contributed by atoms with Crippen LogP contribution in [0.25, 0.3) is 22.0 Å². The van der Waals surface area contributed by atoms with Gasteiger partial charge in [0.25, 0.3) is 0 Å². The van der Waals surface area contributed by atoms with Crippen molar-refractivity contribution >= 4 is 16.8 Å². The lowest BCUT2D eigenvalue weighted by molar-refractivity contribution is -0.131. The van der Waals surface area contributed by atoms with Crippen molar-refractivity contribution in [2.45, 2.75) is 20.4 Å². The molecule has 0 spiro atoms. The van der Waals surface area contributed by atoms with Gasteiger partial charge in [-0.3, -0.25) is 9.59 Å². The molecule has 164 valence electrons. The number of rotatable bonds is 8. The number of hydrogen-bond acceptors (Lipinski definition) is 5. The zero-order valence-corrected chi connectivity index (χ0v) is 18.6. The molecule has 7 heteroatoms.